The number of nitrogens with zero attached hydrogens (tertiary/aromatic N) is 2. The van der Waals surface area contributed by atoms with Crippen LogP contribution in [0.4, 0.5) is 0 Å². The topological polar surface area (TPSA) is 64.0 Å². The molecule has 0 aliphatic carbocycles. The molecule has 0 fully saturated rings. The van der Waals surface area contributed by atoms with E-state index in [1.165, 1.54) is 12.1 Å². The molecular formula is C17H16ClN3O2S. The maximum absolute atomic E-state index is 12.4. The van der Waals surface area contributed by atoms with E-state index in [0.29, 0.717) is 11.6 Å². The van der Waals surface area contributed by atoms with Gasteiger partial charge < -0.3 is 0 Å². The molecule has 24 heavy (non-hydrogen) atoms. The van der Waals surface area contributed by atoms with Gasteiger partial charge in [-0.05, 0) is 35.4 Å². The lowest BCUT2D eigenvalue weighted by molar-refractivity contribution is 0.580. The highest BCUT2D eigenvalue weighted by Gasteiger charge is 2.15. The van der Waals surface area contributed by atoms with Gasteiger partial charge in [0.1, 0.15) is 0 Å². The van der Waals surface area contributed by atoms with Crippen LogP contribution in [0.2, 0.25) is 5.02 Å². The first-order valence-corrected chi connectivity index (χ1v) is 9.20. The standard InChI is InChI=1S/C17H16ClN3O2S/c18-16-7-3-8-17(11-16)24(22,23)20-12-14-5-1-2-6-15(14)13-21-10-4-9-19-21/h1-11,20H,12-13H2. The molecule has 0 aliphatic heterocycles. The second-order valence-electron chi connectivity index (χ2n) is 5.25. The number of halogens is 1. The Hall–Kier alpha value is -2.15. The fraction of sp³-hybridized carbons (Fsp3) is 0.118. The average Bonchev–Trinajstić information content (AvgIpc) is 3.07. The van der Waals surface area contributed by atoms with Crippen LogP contribution >= 0.6 is 11.6 Å². The highest BCUT2D eigenvalue weighted by Crippen LogP contribution is 2.16. The molecule has 5 nitrogen and oxygen atoms in total. The summed E-state index contributed by atoms with van der Waals surface area (Å²) in [5, 5.41) is 4.57. The Morgan fingerprint density at radius 2 is 1.83 bits per heavy atom. The minimum atomic E-state index is -3.62. The Labute approximate surface area is 145 Å². The number of aromatic nitrogens is 2. The Morgan fingerprint density at radius 3 is 2.54 bits per heavy atom. The molecule has 3 rings (SSSR count). The summed E-state index contributed by atoms with van der Waals surface area (Å²) < 4.78 is 29.2. The van der Waals surface area contributed by atoms with Crippen molar-refractivity contribution in [2.24, 2.45) is 0 Å². The highest BCUT2D eigenvalue weighted by atomic mass is 35.5. The van der Waals surface area contributed by atoms with Gasteiger partial charge in [-0.3, -0.25) is 4.68 Å². The minimum absolute atomic E-state index is 0.152. The number of nitrogens with one attached hydrogen (secondary N) is 1. The van der Waals surface area contributed by atoms with Crippen molar-refractivity contribution in [2.75, 3.05) is 0 Å². The van der Waals surface area contributed by atoms with Crippen LogP contribution in [-0.4, -0.2) is 18.2 Å². The Balaban J connectivity index is 1.77. The number of benzene rings is 2. The fourth-order valence-electron chi connectivity index (χ4n) is 2.34. The molecule has 0 bridgehead atoms. The molecule has 0 aliphatic rings. The van der Waals surface area contributed by atoms with E-state index in [-0.39, 0.29) is 11.4 Å². The third-order valence-corrected chi connectivity index (χ3v) is 5.20. The van der Waals surface area contributed by atoms with Crippen molar-refractivity contribution < 1.29 is 8.42 Å². The van der Waals surface area contributed by atoms with Crippen molar-refractivity contribution in [1.82, 2.24) is 14.5 Å². The third kappa shape index (κ3) is 4.03. The van der Waals surface area contributed by atoms with Crippen molar-refractivity contribution in [2.45, 2.75) is 18.0 Å². The van der Waals surface area contributed by atoms with Gasteiger partial charge in [-0.25, -0.2) is 13.1 Å². The van der Waals surface area contributed by atoms with Gasteiger partial charge in [0.15, 0.2) is 0 Å². The molecule has 2 aromatic carbocycles. The summed E-state index contributed by atoms with van der Waals surface area (Å²) in [7, 11) is -3.62. The lowest BCUT2D eigenvalue weighted by atomic mass is 10.1. The second-order valence-corrected chi connectivity index (χ2v) is 7.46. The zero-order valence-corrected chi connectivity index (χ0v) is 14.3. The molecule has 1 aromatic heterocycles. The lowest BCUT2D eigenvalue weighted by Gasteiger charge is -2.11. The number of sulfonamides is 1. The number of hydrogen-bond acceptors (Lipinski definition) is 3. The van der Waals surface area contributed by atoms with Gasteiger partial charge in [0.2, 0.25) is 10.0 Å². The smallest absolute Gasteiger partial charge is 0.240 e. The van der Waals surface area contributed by atoms with Crippen molar-refractivity contribution in [3.05, 3.63) is 83.1 Å². The first kappa shape index (κ1) is 16.7. The van der Waals surface area contributed by atoms with Gasteiger partial charge in [0.25, 0.3) is 0 Å². The van der Waals surface area contributed by atoms with E-state index in [1.807, 2.05) is 36.5 Å². The molecule has 1 N–H and O–H groups in total. The van der Waals surface area contributed by atoms with Gasteiger partial charge in [-0.2, -0.15) is 5.10 Å². The molecule has 124 valence electrons. The summed E-state index contributed by atoms with van der Waals surface area (Å²) in [6.45, 7) is 0.786. The summed E-state index contributed by atoms with van der Waals surface area (Å²) in [6.07, 6.45) is 3.58. The van der Waals surface area contributed by atoms with E-state index in [9.17, 15) is 8.42 Å². The van der Waals surface area contributed by atoms with Crippen LogP contribution < -0.4 is 4.72 Å². The van der Waals surface area contributed by atoms with Crippen molar-refractivity contribution in [3.63, 3.8) is 0 Å². The predicted molar refractivity (Wildman–Crippen MR) is 93.2 cm³/mol. The molecule has 0 radical (unpaired) electrons. The SMILES string of the molecule is O=S(=O)(NCc1ccccc1Cn1cccn1)c1cccc(Cl)c1. The molecule has 7 heteroatoms. The predicted octanol–water partition coefficient (Wildman–Crippen LogP) is 3.06. The summed E-state index contributed by atoms with van der Waals surface area (Å²) in [5.41, 5.74) is 1.91. The quantitative estimate of drug-likeness (QED) is 0.733. The van der Waals surface area contributed by atoms with Crippen LogP contribution in [0.5, 0.6) is 0 Å². The van der Waals surface area contributed by atoms with Crippen molar-refractivity contribution >= 4 is 21.6 Å². The molecule has 3 aromatic rings. The molecule has 0 saturated heterocycles. The van der Waals surface area contributed by atoms with E-state index in [4.69, 9.17) is 11.6 Å². The molecule has 0 amide bonds. The minimum Gasteiger partial charge on any atom is -0.268 e. The van der Waals surface area contributed by atoms with Crippen LogP contribution in [-0.2, 0) is 23.1 Å². The van der Waals surface area contributed by atoms with E-state index < -0.39 is 10.0 Å². The molecule has 0 saturated carbocycles. The molecule has 0 unspecified atom stereocenters. The first-order valence-electron chi connectivity index (χ1n) is 7.34. The second kappa shape index (κ2) is 7.17. The normalized spacial score (nSPS) is 11.5. The van der Waals surface area contributed by atoms with Gasteiger partial charge >= 0.3 is 0 Å². The van der Waals surface area contributed by atoms with Gasteiger partial charge in [-0.1, -0.05) is 41.9 Å². The highest BCUT2D eigenvalue weighted by molar-refractivity contribution is 7.89. The van der Waals surface area contributed by atoms with Gasteiger partial charge in [0, 0.05) is 24.0 Å². The molecular weight excluding hydrogens is 346 g/mol. The zero-order valence-electron chi connectivity index (χ0n) is 12.8. The fourth-order valence-corrected chi connectivity index (χ4v) is 3.65. The van der Waals surface area contributed by atoms with Crippen molar-refractivity contribution in [1.29, 1.82) is 0 Å². The number of rotatable bonds is 6. The maximum atomic E-state index is 12.4. The lowest BCUT2D eigenvalue weighted by Crippen LogP contribution is -2.24. The summed E-state index contributed by atoms with van der Waals surface area (Å²) >= 11 is 5.87. The Bertz CT molecular complexity index is 925. The van der Waals surface area contributed by atoms with Gasteiger partial charge in [-0.15, -0.1) is 0 Å². The Morgan fingerprint density at radius 1 is 1.04 bits per heavy atom. The van der Waals surface area contributed by atoms with E-state index >= 15 is 0 Å². The summed E-state index contributed by atoms with van der Waals surface area (Å²) in [6, 6.07) is 15.7. The Kier molecular flexibility index (Phi) is 4.99. The van der Waals surface area contributed by atoms with Crippen LogP contribution in [0, 0.1) is 0 Å². The van der Waals surface area contributed by atoms with E-state index in [1.54, 1.807) is 23.0 Å². The van der Waals surface area contributed by atoms with Crippen molar-refractivity contribution in [3.8, 4) is 0 Å². The average molecular weight is 362 g/mol. The van der Waals surface area contributed by atoms with Gasteiger partial charge in [0.05, 0.1) is 11.4 Å². The summed E-state index contributed by atoms with van der Waals surface area (Å²) in [5.74, 6) is 0. The third-order valence-electron chi connectivity index (χ3n) is 3.57. The van der Waals surface area contributed by atoms with Crippen LogP contribution in [0.25, 0.3) is 0 Å². The monoisotopic (exact) mass is 361 g/mol. The van der Waals surface area contributed by atoms with Crippen LogP contribution in [0.15, 0.2) is 71.9 Å². The molecule has 0 atom stereocenters. The van der Waals surface area contributed by atoms with E-state index in [0.717, 1.165) is 11.1 Å². The maximum Gasteiger partial charge on any atom is 0.240 e. The molecule has 1 heterocycles. The van der Waals surface area contributed by atoms with Crippen LogP contribution in [0.1, 0.15) is 11.1 Å². The zero-order chi connectivity index (χ0) is 17.0. The van der Waals surface area contributed by atoms with Crippen LogP contribution in [0.3, 0.4) is 0 Å². The largest absolute Gasteiger partial charge is 0.268 e. The summed E-state index contributed by atoms with van der Waals surface area (Å²) in [4.78, 5) is 0.152. The first-order chi connectivity index (χ1) is 11.5. The number of hydrogen-bond donors (Lipinski definition) is 1. The molecule has 0 spiro atoms. The van der Waals surface area contributed by atoms with E-state index in [2.05, 4.69) is 9.82 Å².